The van der Waals surface area contributed by atoms with Crippen molar-refractivity contribution in [3.8, 4) is 0 Å². The fourth-order valence-corrected chi connectivity index (χ4v) is 2.41. The molecule has 1 aliphatic heterocycles. The van der Waals surface area contributed by atoms with Crippen molar-refractivity contribution in [2.75, 3.05) is 31.6 Å². The average molecular weight is 244 g/mol. The Labute approximate surface area is 103 Å². The van der Waals surface area contributed by atoms with Crippen LogP contribution in [0.5, 0.6) is 0 Å². The van der Waals surface area contributed by atoms with Gasteiger partial charge >= 0.3 is 0 Å². The predicted octanol–water partition coefficient (Wildman–Crippen LogP) is 1.59. The third kappa shape index (κ3) is 4.34. The van der Waals surface area contributed by atoms with Gasteiger partial charge in [0, 0.05) is 18.6 Å². The van der Waals surface area contributed by atoms with Gasteiger partial charge in [0.05, 0.1) is 5.75 Å². The van der Waals surface area contributed by atoms with Crippen molar-refractivity contribution < 1.29 is 4.79 Å². The van der Waals surface area contributed by atoms with Crippen molar-refractivity contribution in [3.63, 3.8) is 0 Å². The summed E-state index contributed by atoms with van der Waals surface area (Å²) in [6.07, 6.45) is 3.16. The van der Waals surface area contributed by atoms with Crippen LogP contribution in [0.15, 0.2) is 0 Å². The van der Waals surface area contributed by atoms with Gasteiger partial charge in [0.2, 0.25) is 5.91 Å². The van der Waals surface area contributed by atoms with E-state index >= 15 is 0 Å². The molecule has 1 rings (SSSR count). The van der Waals surface area contributed by atoms with E-state index in [1.165, 1.54) is 6.42 Å². The lowest BCUT2D eigenvalue weighted by atomic mass is 10.1. The highest BCUT2D eigenvalue weighted by Gasteiger charge is 2.29. The molecule has 0 aromatic carbocycles. The molecule has 1 aliphatic rings. The third-order valence-electron chi connectivity index (χ3n) is 3.10. The molecule has 4 heteroatoms. The predicted molar refractivity (Wildman–Crippen MR) is 70.8 cm³/mol. The van der Waals surface area contributed by atoms with Gasteiger partial charge in [-0.3, -0.25) is 9.69 Å². The molecule has 1 N–H and O–H groups in total. The Morgan fingerprint density at radius 2 is 2.19 bits per heavy atom. The summed E-state index contributed by atoms with van der Waals surface area (Å²) in [5.74, 6) is 1.38. The molecule has 1 amide bonds. The van der Waals surface area contributed by atoms with Gasteiger partial charge in [-0.15, -0.1) is 0 Å². The Morgan fingerprint density at radius 1 is 1.50 bits per heavy atom. The van der Waals surface area contributed by atoms with Crippen LogP contribution in [0.2, 0.25) is 0 Å². The van der Waals surface area contributed by atoms with E-state index in [1.807, 2.05) is 6.26 Å². The zero-order chi connectivity index (χ0) is 12.2. The van der Waals surface area contributed by atoms with Crippen molar-refractivity contribution in [3.05, 3.63) is 0 Å². The van der Waals surface area contributed by atoms with E-state index < -0.39 is 0 Å². The fourth-order valence-electron chi connectivity index (χ4n) is 2.05. The van der Waals surface area contributed by atoms with Gasteiger partial charge in [-0.2, -0.15) is 11.8 Å². The first kappa shape index (κ1) is 13.8. The number of rotatable bonds is 4. The van der Waals surface area contributed by atoms with Crippen molar-refractivity contribution in [2.24, 2.45) is 5.92 Å². The van der Waals surface area contributed by atoms with Gasteiger partial charge in [-0.05, 0) is 45.9 Å². The molecule has 1 heterocycles. The molecule has 0 aromatic heterocycles. The van der Waals surface area contributed by atoms with Crippen LogP contribution in [0.1, 0.15) is 27.2 Å². The Bertz CT molecular complexity index is 238. The minimum Gasteiger partial charge on any atom is -0.355 e. The molecule has 0 aromatic rings. The van der Waals surface area contributed by atoms with Gasteiger partial charge in [0.15, 0.2) is 0 Å². The molecule has 0 radical (unpaired) electrons. The second-order valence-electron chi connectivity index (χ2n) is 5.51. The van der Waals surface area contributed by atoms with Gasteiger partial charge < -0.3 is 5.32 Å². The molecular formula is C12H24N2OS. The largest absolute Gasteiger partial charge is 0.355 e. The first-order valence-corrected chi connectivity index (χ1v) is 7.33. The number of amides is 1. The zero-order valence-electron chi connectivity index (χ0n) is 10.9. The lowest BCUT2D eigenvalue weighted by Crippen LogP contribution is -2.40. The number of likely N-dealkylation sites (tertiary alicyclic amines) is 1. The summed E-state index contributed by atoms with van der Waals surface area (Å²) in [6.45, 7) is 9.87. The van der Waals surface area contributed by atoms with E-state index in [0.717, 1.165) is 19.6 Å². The van der Waals surface area contributed by atoms with Gasteiger partial charge in [-0.25, -0.2) is 0 Å². The topological polar surface area (TPSA) is 32.3 Å². The number of nitrogens with zero attached hydrogens (tertiary/aromatic N) is 1. The van der Waals surface area contributed by atoms with Gasteiger partial charge in [0.1, 0.15) is 0 Å². The van der Waals surface area contributed by atoms with Crippen molar-refractivity contribution in [2.45, 2.75) is 32.7 Å². The van der Waals surface area contributed by atoms with Crippen LogP contribution in [-0.2, 0) is 4.79 Å². The van der Waals surface area contributed by atoms with E-state index in [4.69, 9.17) is 0 Å². The van der Waals surface area contributed by atoms with E-state index in [0.29, 0.717) is 11.7 Å². The van der Waals surface area contributed by atoms with Gasteiger partial charge in [-0.1, -0.05) is 0 Å². The maximum atomic E-state index is 11.3. The number of hydrogen-bond acceptors (Lipinski definition) is 3. The smallest absolute Gasteiger partial charge is 0.229 e. The highest BCUT2D eigenvalue weighted by Crippen LogP contribution is 2.23. The molecule has 1 saturated heterocycles. The quantitative estimate of drug-likeness (QED) is 0.815. The molecule has 16 heavy (non-hydrogen) atoms. The lowest BCUT2D eigenvalue weighted by molar-refractivity contribution is -0.118. The van der Waals surface area contributed by atoms with Crippen LogP contribution < -0.4 is 5.32 Å². The Morgan fingerprint density at radius 3 is 2.69 bits per heavy atom. The SMILES string of the molecule is CSCC(=O)NCC1CCN(C(C)(C)C)C1. The Balaban J connectivity index is 2.24. The summed E-state index contributed by atoms with van der Waals surface area (Å²) in [4.78, 5) is 13.8. The van der Waals surface area contributed by atoms with E-state index in [1.54, 1.807) is 11.8 Å². The van der Waals surface area contributed by atoms with Gasteiger partial charge in [0.25, 0.3) is 0 Å². The summed E-state index contributed by atoms with van der Waals surface area (Å²) >= 11 is 1.57. The lowest BCUT2D eigenvalue weighted by Gasteiger charge is -2.31. The third-order valence-corrected chi connectivity index (χ3v) is 3.65. The van der Waals surface area contributed by atoms with Crippen molar-refractivity contribution in [1.29, 1.82) is 0 Å². The molecule has 0 spiro atoms. The Kier molecular flexibility index (Phi) is 5.12. The summed E-state index contributed by atoms with van der Waals surface area (Å²) in [7, 11) is 0. The molecule has 1 atom stereocenters. The summed E-state index contributed by atoms with van der Waals surface area (Å²) < 4.78 is 0. The highest BCUT2D eigenvalue weighted by atomic mass is 32.2. The van der Waals surface area contributed by atoms with Crippen LogP contribution in [0, 0.1) is 5.92 Å². The average Bonchev–Trinajstić information content (AvgIpc) is 2.63. The fraction of sp³-hybridized carbons (Fsp3) is 0.917. The van der Waals surface area contributed by atoms with E-state index in [9.17, 15) is 4.79 Å². The molecule has 0 saturated carbocycles. The number of carbonyl (C=O) groups excluding carboxylic acids is 1. The maximum absolute atomic E-state index is 11.3. The van der Waals surface area contributed by atoms with Crippen LogP contribution in [0.25, 0.3) is 0 Å². The van der Waals surface area contributed by atoms with E-state index in [-0.39, 0.29) is 11.4 Å². The first-order valence-electron chi connectivity index (χ1n) is 5.94. The van der Waals surface area contributed by atoms with Crippen LogP contribution in [0.3, 0.4) is 0 Å². The highest BCUT2D eigenvalue weighted by molar-refractivity contribution is 7.99. The van der Waals surface area contributed by atoms with Crippen LogP contribution in [-0.4, -0.2) is 48.0 Å². The number of carbonyl (C=O) groups is 1. The molecule has 0 aliphatic carbocycles. The minimum absolute atomic E-state index is 0.168. The molecule has 1 fully saturated rings. The second kappa shape index (κ2) is 5.92. The number of thioether (sulfide) groups is 1. The summed E-state index contributed by atoms with van der Waals surface area (Å²) in [5.41, 5.74) is 0.262. The summed E-state index contributed by atoms with van der Waals surface area (Å²) in [5, 5.41) is 3.01. The minimum atomic E-state index is 0.168. The van der Waals surface area contributed by atoms with E-state index in [2.05, 4.69) is 31.0 Å². The second-order valence-corrected chi connectivity index (χ2v) is 6.37. The molecule has 94 valence electrons. The molecule has 3 nitrogen and oxygen atoms in total. The van der Waals surface area contributed by atoms with Crippen molar-refractivity contribution in [1.82, 2.24) is 10.2 Å². The first-order chi connectivity index (χ1) is 7.43. The monoisotopic (exact) mass is 244 g/mol. The maximum Gasteiger partial charge on any atom is 0.229 e. The van der Waals surface area contributed by atoms with Crippen LogP contribution in [0.4, 0.5) is 0 Å². The molecular weight excluding hydrogens is 220 g/mol. The Hall–Kier alpha value is -0.220. The standard InChI is InChI=1S/C12H24N2OS/c1-12(2,3)14-6-5-10(8-14)7-13-11(15)9-16-4/h10H,5-9H2,1-4H3,(H,13,15). The molecule has 0 bridgehead atoms. The molecule has 1 unspecified atom stereocenters. The normalized spacial score (nSPS) is 22.4. The summed E-state index contributed by atoms with van der Waals surface area (Å²) in [6, 6.07) is 0. The zero-order valence-corrected chi connectivity index (χ0v) is 11.7. The number of nitrogens with one attached hydrogen (secondary N) is 1. The number of hydrogen-bond donors (Lipinski definition) is 1. The van der Waals surface area contributed by atoms with Crippen LogP contribution >= 0.6 is 11.8 Å². The van der Waals surface area contributed by atoms with Crippen molar-refractivity contribution >= 4 is 17.7 Å².